The minimum absolute atomic E-state index is 0.181. The molecule has 0 atom stereocenters. The van der Waals surface area contributed by atoms with Gasteiger partial charge in [0.1, 0.15) is 5.56 Å². The number of fused-ring (bicyclic) bond motifs is 2. The molecule has 0 radical (unpaired) electrons. The Bertz CT molecular complexity index is 1440. The number of aliphatic imine (C=N–C) groups is 1. The second kappa shape index (κ2) is 10.2. The number of carbonyl (C=O) groups is 2. The second-order valence-corrected chi connectivity index (χ2v) is 10.1. The predicted molar refractivity (Wildman–Crippen MR) is 152 cm³/mol. The number of benzene rings is 2. The highest BCUT2D eigenvalue weighted by Gasteiger charge is 2.39. The standard InChI is InChI=1S/C27H26N8O2S/c1-2-23(36)30-19-4-3-5-21(16-19)35-24-22(25(37)34-11-10-28-27(34)35)17-29-26(32-24)31-18-6-8-20(9-7-18)33-12-14-38-15-13-33/h2-9,16-17H,1,10-15H2,(H,30,36)(H,29,31,32). The number of hydrogen-bond donors (Lipinski definition) is 2. The zero-order valence-electron chi connectivity index (χ0n) is 20.6. The van der Waals surface area contributed by atoms with Crippen molar-refractivity contribution in [2.75, 3.05) is 58.1 Å². The highest BCUT2D eigenvalue weighted by molar-refractivity contribution is 7.99. The summed E-state index contributed by atoms with van der Waals surface area (Å²) < 4.78 is 0. The molecule has 3 aliphatic heterocycles. The van der Waals surface area contributed by atoms with Crippen molar-refractivity contribution in [2.45, 2.75) is 0 Å². The largest absolute Gasteiger partial charge is 0.370 e. The van der Waals surface area contributed by atoms with Gasteiger partial charge in [0.05, 0.1) is 12.2 Å². The van der Waals surface area contributed by atoms with E-state index in [2.05, 4.69) is 44.2 Å². The minimum atomic E-state index is -0.310. The maximum Gasteiger partial charge on any atom is 0.266 e. The fourth-order valence-electron chi connectivity index (χ4n) is 4.67. The van der Waals surface area contributed by atoms with E-state index in [1.165, 1.54) is 11.8 Å². The van der Waals surface area contributed by atoms with Gasteiger partial charge in [-0.3, -0.25) is 24.4 Å². The van der Waals surface area contributed by atoms with Crippen LogP contribution in [0.2, 0.25) is 0 Å². The SMILES string of the molecule is C=CC(=O)Nc1cccc(N2C3=NCCN3C(=O)c3cnc(Nc4ccc(N5CCSCC5)cc4)nc32)c1. The van der Waals surface area contributed by atoms with Crippen LogP contribution in [0.25, 0.3) is 0 Å². The number of nitrogens with one attached hydrogen (secondary N) is 2. The summed E-state index contributed by atoms with van der Waals surface area (Å²) in [6.45, 7) is 6.59. The minimum Gasteiger partial charge on any atom is -0.370 e. The first-order valence-corrected chi connectivity index (χ1v) is 13.5. The third-order valence-corrected chi connectivity index (χ3v) is 7.47. The van der Waals surface area contributed by atoms with E-state index >= 15 is 0 Å². The summed E-state index contributed by atoms with van der Waals surface area (Å²) in [5, 5.41) is 6.05. The molecule has 1 saturated heterocycles. The molecular formula is C27H26N8O2S. The molecule has 10 nitrogen and oxygen atoms in total. The zero-order chi connectivity index (χ0) is 26.1. The van der Waals surface area contributed by atoms with Gasteiger partial charge in [-0.1, -0.05) is 12.6 Å². The first-order valence-electron chi connectivity index (χ1n) is 12.4. The molecule has 2 amide bonds. The van der Waals surface area contributed by atoms with Gasteiger partial charge in [0.2, 0.25) is 17.8 Å². The van der Waals surface area contributed by atoms with Gasteiger partial charge in [-0.15, -0.1) is 0 Å². The molecule has 3 aliphatic rings. The molecule has 4 heterocycles. The number of guanidine groups is 1. The fourth-order valence-corrected chi connectivity index (χ4v) is 5.58. The van der Waals surface area contributed by atoms with E-state index in [-0.39, 0.29) is 11.8 Å². The molecule has 3 aromatic rings. The van der Waals surface area contributed by atoms with Gasteiger partial charge in [0.25, 0.3) is 5.91 Å². The van der Waals surface area contributed by atoms with Crippen molar-refractivity contribution < 1.29 is 9.59 Å². The number of hydrogen-bond acceptors (Lipinski definition) is 9. The van der Waals surface area contributed by atoms with Crippen molar-refractivity contribution in [3.63, 3.8) is 0 Å². The lowest BCUT2D eigenvalue weighted by atomic mass is 10.1. The van der Waals surface area contributed by atoms with Crippen LogP contribution in [0.15, 0.2) is 72.4 Å². The van der Waals surface area contributed by atoms with E-state index < -0.39 is 0 Å². The lowest BCUT2D eigenvalue weighted by Crippen LogP contribution is -2.48. The summed E-state index contributed by atoms with van der Waals surface area (Å²) in [6, 6.07) is 15.5. The molecule has 11 heteroatoms. The molecule has 2 aromatic carbocycles. The first kappa shape index (κ1) is 24.0. The Balaban J connectivity index is 1.32. The topological polar surface area (TPSA) is 106 Å². The number of anilines is 6. The monoisotopic (exact) mass is 526 g/mol. The highest BCUT2D eigenvalue weighted by atomic mass is 32.2. The van der Waals surface area contributed by atoms with Crippen molar-refractivity contribution in [2.24, 2.45) is 4.99 Å². The summed E-state index contributed by atoms with van der Waals surface area (Å²) >= 11 is 1.99. The van der Waals surface area contributed by atoms with E-state index in [0.717, 1.165) is 30.3 Å². The number of nitrogens with zero attached hydrogens (tertiary/aromatic N) is 6. The lowest BCUT2D eigenvalue weighted by Gasteiger charge is -2.35. The second-order valence-electron chi connectivity index (χ2n) is 8.92. The first-order chi connectivity index (χ1) is 18.6. The number of thioether (sulfide) groups is 1. The van der Waals surface area contributed by atoms with E-state index in [0.29, 0.717) is 47.8 Å². The van der Waals surface area contributed by atoms with E-state index in [9.17, 15) is 9.59 Å². The van der Waals surface area contributed by atoms with Crippen LogP contribution in [0, 0.1) is 0 Å². The lowest BCUT2D eigenvalue weighted by molar-refractivity contribution is -0.111. The molecule has 2 N–H and O–H groups in total. The Labute approximate surface area is 224 Å². The summed E-state index contributed by atoms with van der Waals surface area (Å²) in [6.07, 6.45) is 2.77. The van der Waals surface area contributed by atoms with Crippen LogP contribution < -0.4 is 20.4 Å². The smallest absolute Gasteiger partial charge is 0.266 e. The van der Waals surface area contributed by atoms with Crippen LogP contribution in [0.3, 0.4) is 0 Å². The van der Waals surface area contributed by atoms with Gasteiger partial charge in [0.15, 0.2) is 5.82 Å². The van der Waals surface area contributed by atoms with Gasteiger partial charge in [-0.2, -0.15) is 16.7 Å². The van der Waals surface area contributed by atoms with Crippen molar-refractivity contribution in [3.8, 4) is 0 Å². The maximum absolute atomic E-state index is 13.2. The zero-order valence-corrected chi connectivity index (χ0v) is 21.4. The number of rotatable bonds is 6. The van der Waals surface area contributed by atoms with Crippen LogP contribution in [-0.4, -0.2) is 70.3 Å². The van der Waals surface area contributed by atoms with Gasteiger partial charge in [0, 0.05) is 54.4 Å². The van der Waals surface area contributed by atoms with Crippen molar-refractivity contribution in [1.29, 1.82) is 0 Å². The van der Waals surface area contributed by atoms with Crippen LogP contribution in [0.5, 0.6) is 0 Å². The van der Waals surface area contributed by atoms with Gasteiger partial charge < -0.3 is 15.5 Å². The Kier molecular flexibility index (Phi) is 6.42. The normalized spacial score (nSPS) is 16.5. The molecular weight excluding hydrogens is 500 g/mol. The fraction of sp³-hybridized carbons (Fsp3) is 0.222. The summed E-state index contributed by atoms with van der Waals surface area (Å²) in [7, 11) is 0. The average Bonchev–Trinajstić information content (AvgIpc) is 3.44. The summed E-state index contributed by atoms with van der Waals surface area (Å²) in [5.41, 5.74) is 3.73. The van der Waals surface area contributed by atoms with E-state index in [1.54, 1.807) is 17.2 Å². The van der Waals surface area contributed by atoms with E-state index in [1.807, 2.05) is 47.0 Å². The third-order valence-electron chi connectivity index (χ3n) is 6.53. The van der Waals surface area contributed by atoms with Gasteiger partial charge in [-0.05, 0) is 48.5 Å². The molecule has 0 bridgehead atoms. The number of carbonyl (C=O) groups excluding carboxylic acids is 2. The van der Waals surface area contributed by atoms with Crippen LogP contribution in [-0.2, 0) is 4.79 Å². The molecule has 0 spiro atoms. The Morgan fingerprint density at radius 2 is 1.84 bits per heavy atom. The van der Waals surface area contributed by atoms with Gasteiger partial charge >= 0.3 is 0 Å². The van der Waals surface area contributed by atoms with Crippen molar-refractivity contribution >= 4 is 64.1 Å². The molecule has 38 heavy (non-hydrogen) atoms. The maximum atomic E-state index is 13.2. The highest BCUT2D eigenvalue weighted by Crippen LogP contribution is 2.36. The van der Waals surface area contributed by atoms with E-state index in [4.69, 9.17) is 4.98 Å². The quantitative estimate of drug-likeness (QED) is 0.467. The van der Waals surface area contributed by atoms with Crippen LogP contribution in [0.4, 0.5) is 34.5 Å². The van der Waals surface area contributed by atoms with Crippen LogP contribution >= 0.6 is 11.8 Å². The third kappa shape index (κ3) is 4.56. The Morgan fingerprint density at radius 1 is 1.03 bits per heavy atom. The number of amides is 2. The molecule has 0 saturated carbocycles. The molecule has 6 rings (SSSR count). The molecule has 0 aliphatic carbocycles. The van der Waals surface area contributed by atoms with Crippen molar-refractivity contribution in [3.05, 3.63) is 72.9 Å². The Morgan fingerprint density at radius 3 is 2.63 bits per heavy atom. The summed E-state index contributed by atoms with van der Waals surface area (Å²) in [5.74, 6) is 3.10. The van der Waals surface area contributed by atoms with Crippen LogP contribution in [0.1, 0.15) is 10.4 Å². The summed E-state index contributed by atoms with van der Waals surface area (Å²) in [4.78, 5) is 44.7. The molecule has 192 valence electrons. The average molecular weight is 527 g/mol. The Hall–Kier alpha value is -4.38. The molecule has 1 fully saturated rings. The predicted octanol–water partition coefficient (Wildman–Crippen LogP) is 3.86. The number of aromatic nitrogens is 2. The van der Waals surface area contributed by atoms with Crippen molar-refractivity contribution in [1.82, 2.24) is 14.9 Å². The molecule has 0 unspecified atom stereocenters. The van der Waals surface area contributed by atoms with Gasteiger partial charge in [-0.25, -0.2) is 4.98 Å². The molecule has 1 aromatic heterocycles.